The van der Waals surface area contributed by atoms with Gasteiger partial charge in [0.2, 0.25) is 11.9 Å². The number of aromatic nitrogens is 3. The number of pyridine rings is 1. The van der Waals surface area contributed by atoms with Crippen molar-refractivity contribution in [3.05, 3.63) is 36.2 Å². The predicted octanol–water partition coefficient (Wildman–Crippen LogP) is 4.21. The smallest absolute Gasteiger partial charge is 0.246 e. The van der Waals surface area contributed by atoms with Crippen molar-refractivity contribution in [3.8, 4) is 0 Å². The van der Waals surface area contributed by atoms with Gasteiger partial charge < -0.3 is 20.4 Å². The number of hydrogen-bond donors (Lipinski definition) is 2. The summed E-state index contributed by atoms with van der Waals surface area (Å²) in [6.45, 7) is 13.0. The van der Waals surface area contributed by atoms with Crippen molar-refractivity contribution in [1.82, 2.24) is 25.2 Å². The number of fused-ring (bicyclic) bond motifs is 4. The Morgan fingerprint density at radius 2 is 1.85 bits per heavy atom. The van der Waals surface area contributed by atoms with Gasteiger partial charge in [0.1, 0.15) is 17.7 Å². The van der Waals surface area contributed by atoms with E-state index in [2.05, 4.69) is 62.1 Å². The Bertz CT molecular complexity index is 1210. The highest BCUT2D eigenvalue weighted by Crippen LogP contribution is 2.43. The normalized spacial score (nSPS) is 22.8. The molecule has 3 fully saturated rings. The molecule has 1 spiro atoms. The average Bonchev–Trinajstić information content (AvgIpc) is 2.94. The highest BCUT2D eigenvalue weighted by Gasteiger charge is 2.49. The maximum atomic E-state index is 12.8. The van der Waals surface area contributed by atoms with Gasteiger partial charge in [-0.1, -0.05) is 52.2 Å². The van der Waals surface area contributed by atoms with Gasteiger partial charge in [0.25, 0.3) is 0 Å². The third-order valence-electron chi connectivity index (χ3n) is 8.82. The summed E-state index contributed by atoms with van der Waals surface area (Å²) in [4.78, 5) is 34.3. The van der Waals surface area contributed by atoms with Crippen molar-refractivity contribution >= 4 is 35.3 Å². The summed E-state index contributed by atoms with van der Waals surface area (Å²) in [5.74, 6) is 2.12. The summed E-state index contributed by atoms with van der Waals surface area (Å²) in [6, 6.07) is 3.81. The molecule has 0 bridgehead atoms. The molecule has 39 heavy (non-hydrogen) atoms. The molecule has 9 heteroatoms. The van der Waals surface area contributed by atoms with E-state index in [-0.39, 0.29) is 17.5 Å². The van der Waals surface area contributed by atoms with Crippen LogP contribution in [0.5, 0.6) is 0 Å². The molecule has 9 nitrogen and oxygen atoms in total. The summed E-state index contributed by atoms with van der Waals surface area (Å²) >= 11 is 0. The number of hydrogen-bond acceptors (Lipinski definition) is 8. The number of anilines is 4. The van der Waals surface area contributed by atoms with Gasteiger partial charge in [-0.15, -0.1) is 0 Å². The monoisotopic (exact) mass is 530 g/mol. The number of carbonyl (C=O) groups is 1. The first kappa shape index (κ1) is 26.0. The topological polar surface area (TPSA) is 89.5 Å². The molecule has 4 aliphatic rings. The quantitative estimate of drug-likeness (QED) is 0.594. The van der Waals surface area contributed by atoms with E-state index in [4.69, 9.17) is 4.98 Å². The fraction of sp³-hybridized carbons (Fsp3) is 0.600. The summed E-state index contributed by atoms with van der Waals surface area (Å²) in [5.41, 5.74) is 2.40. The second kappa shape index (κ2) is 10.4. The van der Waals surface area contributed by atoms with Gasteiger partial charge in [-0.05, 0) is 43.4 Å². The second-order valence-corrected chi connectivity index (χ2v) is 12.8. The lowest BCUT2D eigenvalue weighted by molar-refractivity contribution is -0.123. The Labute approximate surface area is 232 Å². The van der Waals surface area contributed by atoms with Crippen molar-refractivity contribution in [1.29, 1.82) is 0 Å². The highest BCUT2D eigenvalue weighted by molar-refractivity contribution is 5.93. The van der Waals surface area contributed by atoms with Crippen LogP contribution in [-0.2, 0) is 4.79 Å². The predicted molar refractivity (Wildman–Crippen MR) is 156 cm³/mol. The number of carbonyl (C=O) groups excluding carboxylic acids is 1. The third kappa shape index (κ3) is 5.46. The van der Waals surface area contributed by atoms with Crippen molar-refractivity contribution in [2.75, 3.05) is 54.4 Å². The van der Waals surface area contributed by atoms with E-state index in [1.165, 1.54) is 32.2 Å². The van der Waals surface area contributed by atoms with E-state index in [0.717, 1.165) is 56.1 Å². The van der Waals surface area contributed by atoms with E-state index < -0.39 is 0 Å². The number of piperazine rings is 2. The fourth-order valence-electron chi connectivity index (χ4n) is 6.44. The number of nitrogens with zero attached hydrogens (tertiary/aromatic N) is 6. The Hall–Kier alpha value is -3.20. The zero-order valence-electron chi connectivity index (χ0n) is 23.6. The molecule has 1 amide bonds. The Kier molecular flexibility index (Phi) is 6.95. The van der Waals surface area contributed by atoms with Gasteiger partial charge in [0, 0.05) is 44.5 Å². The molecular formula is C30H42N8O. The van der Waals surface area contributed by atoms with Gasteiger partial charge in [0.05, 0.1) is 17.4 Å². The first-order valence-electron chi connectivity index (χ1n) is 14.6. The van der Waals surface area contributed by atoms with Crippen LogP contribution in [0.25, 0.3) is 6.08 Å². The van der Waals surface area contributed by atoms with Crippen LogP contribution in [0.3, 0.4) is 0 Å². The van der Waals surface area contributed by atoms with Crippen molar-refractivity contribution in [2.24, 2.45) is 5.41 Å². The molecule has 2 saturated heterocycles. The van der Waals surface area contributed by atoms with Crippen LogP contribution in [0.15, 0.2) is 30.6 Å². The summed E-state index contributed by atoms with van der Waals surface area (Å²) in [6.07, 6.45) is 14.7. The van der Waals surface area contributed by atoms with E-state index in [1.54, 1.807) is 0 Å². The van der Waals surface area contributed by atoms with E-state index >= 15 is 0 Å². The van der Waals surface area contributed by atoms with E-state index in [0.29, 0.717) is 23.7 Å². The largest absolute Gasteiger partial charge is 0.368 e. The minimum absolute atomic E-state index is 0.0495. The van der Waals surface area contributed by atoms with Crippen molar-refractivity contribution < 1.29 is 4.79 Å². The zero-order valence-corrected chi connectivity index (χ0v) is 23.6. The second-order valence-electron chi connectivity index (χ2n) is 12.8. The van der Waals surface area contributed by atoms with Crippen LogP contribution in [0.4, 0.5) is 23.3 Å². The SMILES string of the molecule is CC(C)(C)CCN1CCN(c2ccc(Nc3ncc4c(n3)N3C(C=C4)C(=O)NCC34CCCCC4)nc2)CC1. The molecule has 2 N–H and O–H groups in total. The van der Waals surface area contributed by atoms with Gasteiger partial charge in [-0.3, -0.25) is 9.69 Å². The Morgan fingerprint density at radius 1 is 1.05 bits per heavy atom. The van der Waals surface area contributed by atoms with E-state index in [1.807, 2.05) is 30.6 Å². The summed E-state index contributed by atoms with van der Waals surface area (Å²) < 4.78 is 0. The molecule has 5 heterocycles. The van der Waals surface area contributed by atoms with Crippen LogP contribution in [0.1, 0.15) is 64.9 Å². The number of rotatable bonds is 5. The molecular weight excluding hydrogens is 488 g/mol. The maximum absolute atomic E-state index is 12.8. The first-order valence-corrected chi connectivity index (χ1v) is 14.6. The molecule has 1 aliphatic carbocycles. The van der Waals surface area contributed by atoms with Gasteiger partial charge in [-0.25, -0.2) is 9.97 Å². The minimum atomic E-state index is -0.321. The third-order valence-corrected chi connectivity index (χ3v) is 8.82. The van der Waals surface area contributed by atoms with Gasteiger partial charge in [0.15, 0.2) is 0 Å². The molecule has 0 aromatic carbocycles. The first-order chi connectivity index (χ1) is 18.8. The molecule has 1 atom stereocenters. The molecule has 208 valence electrons. The Balaban J connectivity index is 1.14. The van der Waals surface area contributed by atoms with Crippen LogP contribution >= 0.6 is 0 Å². The summed E-state index contributed by atoms with van der Waals surface area (Å²) in [5, 5.41) is 6.47. The molecule has 1 saturated carbocycles. The molecule has 2 aromatic rings. The van der Waals surface area contributed by atoms with Crippen LogP contribution in [0.2, 0.25) is 0 Å². The van der Waals surface area contributed by atoms with Crippen LogP contribution in [0, 0.1) is 5.41 Å². The Morgan fingerprint density at radius 3 is 2.56 bits per heavy atom. The molecule has 1 unspecified atom stereocenters. The van der Waals surface area contributed by atoms with Crippen LogP contribution in [-0.4, -0.2) is 76.6 Å². The lowest BCUT2D eigenvalue weighted by Crippen LogP contribution is -2.69. The number of amides is 1. The van der Waals surface area contributed by atoms with Gasteiger partial charge in [-0.2, -0.15) is 4.98 Å². The minimum Gasteiger partial charge on any atom is -0.368 e. The van der Waals surface area contributed by atoms with Crippen molar-refractivity contribution in [3.63, 3.8) is 0 Å². The van der Waals surface area contributed by atoms with Crippen molar-refractivity contribution in [2.45, 2.75) is 70.9 Å². The van der Waals surface area contributed by atoms with E-state index in [9.17, 15) is 4.79 Å². The highest BCUT2D eigenvalue weighted by atomic mass is 16.2. The standard InChI is InChI=1S/C30H42N8O/c1-29(2,3)13-14-36-15-17-37(18-16-36)23-8-10-25(31-20-23)34-28-32-19-22-7-9-24-27(39)33-21-30(11-5-4-6-12-30)38(24)26(22)35-28/h7-10,19-20,24H,4-6,11-18,21H2,1-3H3,(H,33,39)(H,31,32,34,35). The van der Waals surface area contributed by atoms with Crippen LogP contribution < -0.4 is 20.4 Å². The average molecular weight is 531 g/mol. The lowest BCUT2D eigenvalue weighted by Gasteiger charge is -2.54. The molecule has 2 aromatic heterocycles. The molecule has 6 rings (SSSR count). The number of nitrogens with one attached hydrogen (secondary N) is 2. The maximum Gasteiger partial charge on any atom is 0.246 e. The molecule has 0 radical (unpaired) electrons. The summed E-state index contributed by atoms with van der Waals surface area (Å²) in [7, 11) is 0. The van der Waals surface area contributed by atoms with Gasteiger partial charge >= 0.3 is 0 Å². The zero-order chi connectivity index (χ0) is 27.0. The molecule has 3 aliphatic heterocycles. The lowest BCUT2D eigenvalue weighted by atomic mass is 9.77. The fourth-order valence-corrected chi connectivity index (χ4v) is 6.44.